The average Bonchev–Trinajstić information content (AvgIpc) is 3.96. The van der Waals surface area contributed by atoms with Crippen molar-refractivity contribution in [3.05, 3.63) is 224 Å². The molecular weight excluding hydrogens is 859 g/mol. The third-order valence-corrected chi connectivity index (χ3v) is 15.3. The van der Waals surface area contributed by atoms with Crippen LogP contribution in [-0.4, -0.2) is 19.5 Å². The fraction of sp³-hybridized carbons (Fsp3) is 0. The highest BCUT2D eigenvalue weighted by atomic mass is 32.1. The van der Waals surface area contributed by atoms with E-state index >= 15 is 0 Å². The van der Waals surface area contributed by atoms with Gasteiger partial charge in [0.05, 0.1) is 28.1 Å². The summed E-state index contributed by atoms with van der Waals surface area (Å²) in [7, 11) is 0. The van der Waals surface area contributed by atoms with Crippen molar-refractivity contribution in [3.8, 4) is 51.0 Å². The fourth-order valence-electron chi connectivity index (χ4n) is 11.1. The maximum atomic E-state index is 5.49. The summed E-state index contributed by atoms with van der Waals surface area (Å²) in [5, 5.41) is 11.9. The molecule has 0 aliphatic carbocycles. The first-order chi connectivity index (χ1) is 34.2. The van der Waals surface area contributed by atoms with E-state index in [1.807, 2.05) is 0 Å². The van der Waals surface area contributed by atoms with Gasteiger partial charge in [0.15, 0.2) is 17.5 Å². The van der Waals surface area contributed by atoms with Gasteiger partial charge in [-0.1, -0.05) is 152 Å². The summed E-state index contributed by atoms with van der Waals surface area (Å²) in [4.78, 5) is 18.9. The maximum absolute atomic E-state index is 5.49. The lowest BCUT2D eigenvalue weighted by Crippen LogP contribution is -2.16. The van der Waals surface area contributed by atoms with Crippen LogP contribution in [0, 0.1) is 0 Å². The molecule has 0 unspecified atom stereocenters. The number of benzene rings is 11. The van der Waals surface area contributed by atoms with Crippen molar-refractivity contribution in [1.82, 2.24) is 19.5 Å². The average molecular weight is 896 g/mol. The third kappa shape index (κ3) is 5.73. The van der Waals surface area contributed by atoms with Crippen LogP contribution in [-0.2, 0) is 0 Å². The van der Waals surface area contributed by atoms with E-state index in [2.05, 4.69) is 234 Å². The van der Waals surface area contributed by atoms with Gasteiger partial charge in [0, 0.05) is 69.7 Å². The Morgan fingerprint density at radius 3 is 1.88 bits per heavy atom. The van der Waals surface area contributed by atoms with Crippen molar-refractivity contribution >= 4 is 103 Å². The molecule has 0 saturated carbocycles. The number of nitrogens with zero attached hydrogens (tertiary/aromatic N) is 5. The van der Waals surface area contributed by atoms with E-state index in [0.29, 0.717) is 17.5 Å². The third-order valence-electron chi connectivity index (χ3n) is 14.1. The predicted octanol–water partition coefficient (Wildman–Crippen LogP) is 17.2. The molecule has 1 aliphatic heterocycles. The second-order valence-corrected chi connectivity index (χ2v) is 19.0. The quantitative estimate of drug-likeness (QED) is 0.173. The lowest BCUT2D eigenvalue weighted by Gasteiger charge is -2.35. The summed E-state index contributed by atoms with van der Waals surface area (Å²) >= 11 is 1.79. The zero-order valence-electron chi connectivity index (χ0n) is 37.0. The Bertz CT molecular complexity index is 4450. The number of aromatic nitrogens is 4. The number of rotatable bonds is 5. The molecule has 0 saturated heterocycles. The Kier molecular flexibility index (Phi) is 8.17. The molecule has 4 heterocycles. The molecule has 320 valence electrons. The molecule has 0 atom stereocenters. The van der Waals surface area contributed by atoms with Crippen LogP contribution in [0.25, 0.3) is 125 Å². The second kappa shape index (κ2) is 14.8. The van der Waals surface area contributed by atoms with Crippen molar-refractivity contribution in [2.75, 3.05) is 4.90 Å². The van der Waals surface area contributed by atoms with E-state index in [1.54, 1.807) is 11.3 Å². The molecule has 5 nitrogen and oxygen atoms in total. The van der Waals surface area contributed by atoms with Gasteiger partial charge < -0.3 is 9.47 Å². The molecule has 15 rings (SSSR count). The minimum Gasteiger partial charge on any atom is -0.309 e. The highest BCUT2D eigenvalue weighted by molar-refractivity contribution is 7.26. The predicted molar refractivity (Wildman–Crippen MR) is 290 cm³/mol. The van der Waals surface area contributed by atoms with E-state index in [0.717, 1.165) is 71.3 Å². The standard InChI is InChI=1S/C63H37N5S/c1-2-19-43(20-3-1)67-52-28-10-8-23-46(52)51-36-41(32-33-53(51)67)61-64-62(66-63(65-61)50-27-14-25-48-47-24-9-11-30-57(47)69-60(48)50)42-35-40-16-5-6-21-44(40)56(37-42)68-54-29-13-18-39-17-12-26-49(58(39)54)59-45-22-7-4-15-38(45)31-34-55(59)68/h1-37H. The summed E-state index contributed by atoms with van der Waals surface area (Å²) in [5.74, 6) is 1.87. The van der Waals surface area contributed by atoms with Crippen molar-refractivity contribution in [3.63, 3.8) is 0 Å². The topological polar surface area (TPSA) is 46.8 Å². The van der Waals surface area contributed by atoms with Crippen LogP contribution in [0.5, 0.6) is 0 Å². The fourth-order valence-corrected chi connectivity index (χ4v) is 12.3. The van der Waals surface area contributed by atoms with E-state index in [4.69, 9.17) is 15.0 Å². The minimum absolute atomic E-state index is 0.612. The van der Waals surface area contributed by atoms with E-state index in [9.17, 15) is 0 Å². The first-order valence-corrected chi connectivity index (χ1v) is 24.2. The van der Waals surface area contributed by atoms with Gasteiger partial charge in [-0.2, -0.15) is 0 Å². The van der Waals surface area contributed by atoms with Crippen molar-refractivity contribution in [2.45, 2.75) is 0 Å². The minimum atomic E-state index is 0.612. The molecule has 0 N–H and O–H groups in total. The zero-order valence-corrected chi connectivity index (χ0v) is 37.8. The lowest BCUT2D eigenvalue weighted by atomic mass is 9.87. The monoisotopic (exact) mass is 895 g/mol. The lowest BCUT2D eigenvalue weighted by molar-refractivity contribution is 1.08. The molecule has 0 fully saturated rings. The first kappa shape index (κ1) is 38.2. The second-order valence-electron chi connectivity index (χ2n) is 17.9. The van der Waals surface area contributed by atoms with Crippen LogP contribution < -0.4 is 4.90 Å². The summed E-state index contributed by atoms with van der Waals surface area (Å²) in [6.45, 7) is 0. The molecule has 0 spiro atoms. The van der Waals surface area contributed by atoms with Crippen LogP contribution in [0.1, 0.15) is 0 Å². The van der Waals surface area contributed by atoms with Gasteiger partial charge in [-0.25, -0.2) is 15.0 Å². The van der Waals surface area contributed by atoms with Crippen LogP contribution in [0.4, 0.5) is 17.1 Å². The van der Waals surface area contributed by atoms with Crippen LogP contribution >= 0.6 is 11.3 Å². The number of fused-ring (bicyclic) bond motifs is 11. The molecule has 0 radical (unpaired) electrons. The smallest absolute Gasteiger partial charge is 0.165 e. The maximum Gasteiger partial charge on any atom is 0.165 e. The molecule has 6 heteroatoms. The molecule has 14 aromatic rings. The SMILES string of the molecule is c1ccc(-n2c3ccccc3c3cc(-c4nc(-c5cc(N6c7ccc8ccccc8c7-c7cccc8cccc6c78)c6ccccc6c5)nc(-c5cccc6c5sc5ccccc56)n4)ccc32)cc1. The number of hydrogen-bond donors (Lipinski definition) is 0. The molecule has 11 aromatic carbocycles. The highest BCUT2D eigenvalue weighted by Gasteiger charge is 2.29. The molecular formula is C63H37N5S. The highest BCUT2D eigenvalue weighted by Crippen LogP contribution is 2.54. The largest absolute Gasteiger partial charge is 0.309 e. The molecule has 1 aliphatic rings. The van der Waals surface area contributed by atoms with Gasteiger partial charge in [0.1, 0.15) is 0 Å². The number of hydrogen-bond acceptors (Lipinski definition) is 5. The first-order valence-electron chi connectivity index (χ1n) is 23.3. The van der Waals surface area contributed by atoms with Gasteiger partial charge in [0.2, 0.25) is 0 Å². The Balaban J connectivity index is 0.999. The van der Waals surface area contributed by atoms with E-state index < -0.39 is 0 Å². The summed E-state index contributed by atoms with van der Waals surface area (Å²) in [6, 6.07) is 81.0. The summed E-state index contributed by atoms with van der Waals surface area (Å²) < 4.78 is 4.74. The van der Waals surface area contributed by atoms with Gasteiger partial charge in [-0.05, 0) is 99.9 Å². The molecule has 69 heavy (non-hydrogen) atoms. The van der Waals surface area contributed by atoms with Crippen molar-refractivity contribution < 1.29 is 0 Å². The zero-order chi connectivity index (χ0) is 45.2. The molecule has 0 bridgehead atoms. The van der Waals surface area contributed by atoms with Crippen molar-refractivity contribution in [1.29, 1.82) is 0 Å². The Morgan fingerprint density at radius 1 is 0.348 bits per heavy atom. The Labute approximate surface area is 400 Å². The van der Waals surface area contributed by atoms with Gasteiger partial charge >= 0.3 is 0 Å². The molecule has 3 aromatic heterocycles. The van der Waals surface area contributed by atoms with Crippen molar-refractivity contribution in [2.24, 2.45) is 0 Å². The van der Waals surface area contributed by atoms with Crippen LogP contribution in [0.15, 0.2) is 224 Å². The van der Waals surface area contributed by atoms with Gasteiger partial charge in [-0.15, -0.1) is 11.3 Å². The Hall–Kier alpha value is -8.97. The van der Waals surface area contributed by atoms with E-state index in [-0.39, 0.29) is 0 Å². The summed E-state index contributed by atoms with van der Waals surface area (Å²) in [5.41, 5.74) is 12.0. The van der Waals surface area contributed by atoms with Gasteiger partial charge in [0.25, 0.3) is 0 Å². The number of para-hydroxylation sites is 2. The Morgan fingerprint density at radius 2 is 1.00 bits per heavy atom. The normalized spacial score (nSPS) is 12.3. The van der Waals surface area contributed by atoms with Gasteiger partial charge in [-0.3, -0.25) is 0 Å². The number of anilines is 3. The number of thiophene rings is 1. The van der Waals surface area contributed by atoms with E-state index in [1.165, 1.54) is 53.5 Å². The van der Waals surface area contributed by atoms with Crippen LogP contribution in [0.2, 0.25) is 0 Å². The van der Waals surface area contributed by atoms with Crippen LogP contribution in [0.3, 0.4) is 0 Å². The summed E-state index contributed by atoms with van der Waals surface area (Å²) in [6.07, 6.45) is 0. The molecule has 0 amide bonds.